The molecule has 0 spiro atoms. The first-order chi connectivity index (χ1) is 15.0. The Kier molecular flexibility index (Phi) is 6.35. The summed E-state index contributed by atoms with van der Waals surface area (Å²) in [5.74, 6) is -0.288. The molecule has 1 aliphatic heterocycles. The van der Waals surface area contributed by atoms with Gasteiger partial charge in [-0.05, 0) is 55.0 Å². The lowest BCUT2D eigenvalue weighted by Crippen LogP contribution is -2.59. The van der Waals surface area contributed by atoms with E-state index in [2.05, 4.69) is 17.9 Å². The summed E-state index contributed by atoms with van der Waals surface area (Å²) in [6.45, 7) is 3.65. The van der Waals surface area contributed by atoms with Crippen molar-refractivity contribution in [2.75, 3.05) is 20.2 Å². The summed E-state index contributed by atoms with van der Waals surface area (Å²) in [5, 5.41) is 21.1. The van der Waals surface area contributed by atoms with Crippen molar-refractivity contribution < 1.29 is 19.7 Å². The van der Waals surface area contributed by atoms with Gasteiger partial charge >= 0.3 is 5.97 Å². The van der Waals surface area contributed by atoms with Crippen LogP contribution in [0.4, 0.5) is 0 Å². The quantitative estimate of drug-likeness (QED) is 0.686. The third kappa shape index (κ3) is 4.09. The minimum Gasteiger partial charge on any atom is -0.508 e. The summed E-state index contributed by atoms with van der Waals surface area (Å²) in [5.41, 5.74) is 2.01. The number of fused-ring (bicyclic) bond motifs is 2. The number of ether oxygens (including phenoxy) is 1. The SMILES string of the molecule is COC(=O)[C@@H](CN1CCC2(c3cccc(O)c3)CCCC1[C@@H]2C)[C@@H](O)c1ccccc1. The van der Waals surface area contributed by atoms with Gasteiger partial charge in [-0.15, -0.1) is 0 Å². The van der Waals surface area contributed by atoms with Gasteiger partial charge in [-0.2, -0.15) is 0 Å². The molecule has 2 aliphatic rings. The number of phenolic OH excluding ortho intramolecular Hbond substituents is 1. The van der Waals surface area contributed by atoms with E-state index in [1.54, 1.807) is 6.07 Å². The Morgan fingerprint density at radius 1 is 1.19 bits per heavy atom. The van der Waals surface area contributed by atoms with Crippen LogP contribution in [0.25, 0.3) is 0 Å². The molecule has 1 saturated heterocycles. The Hall–Kier alpha value is -2.37. The van der Waals surface area contributed by atoms with Crippen molar-refractivity contribution >= 4 is 5.97 Å². The summed E-state index contributed by atoms with van der Waals surface area (Å²) in [6, 6.07) is 17.4. The number of esters is 1. The zero-order valence-electron chi connectivity index (χ0n) is 18.4. The highest BCUT2D eigenvalue weighted by Gasteiger charge is 2.50. The summed E-state index contributed by atoms with van der Waals surface area (Å²) < 4.78 is 5.08. The Balaban J connectivity index is 1.57. The van der Waals surface area contributed by atoms with Gasteiger partial charge < -0.3 is 14.9 Å². The molecule has 0 amide bonds. The van der Waals surface area contributed by atoms with Crippen molar-refractivity contribution in [1.82, 2.24) is 4.90 Å². The van der Waals surface area contributed by atoms with Crippen molar-refractivity contribution in [1.29, 1.82) is 0 Å². The number of aromatic hydroxyl groups is 1. The summed E-state index contributed by atoms with van der Waals surface area (Å²) >= 11 is 0. The molecule has 2 bridgehead atoms. The van der Waals surface area contributed by atoms with Crippen LogP contribution in [0, 0.1) is 11.8 Å². The van der Waals surface area contributed by atoms with Gasteiger partial charge in [0.1, 0.15) is 5.75 Å². The molecular weight excluding hydrogens is 390 g/mol. The summed E-state index contributed by atoms with van der Waals surface area (Å²) in [6.07, 6.45) is 3.39. The number of hydrogen-bond acceptors (Lipinski definition) is 5. The average molecular weight is 424 g/mol. The van der Waals surface area contributed by atoms with E-state index in [4.69, 9.17) is 4.74 Å². The number of aliphatic hydroxyl groups excluding tert-OH is 1. The van der Waals surface area contributed by atoms with Gasteiger partial charge in [-0.3, -0.25) is 9.69 Å². The van der Waals surface area contributed by atoms with E-state index in [1.807, 2.05) is 42.5 Å². The highest BCUT2D eigenvalue weighted by molar-refractivity contribution is 5.73. The molecule has 2 unspecified atom stereocenters. The number of carbonyl (C=O) groups excluding carboxylic acids is 1. The number of likely N-dealkylation sites (tertiary alicyclic amines) is 1. The number of methoxy groups -OCH3 is 1. The van der Waals surface area contributed by atoms with Crippen LogP contribution in [0.2, 0.25) is 0 Å². The molecule has 2 aromatic rings. The Bertz CT molecular complexity index is 901. The van der Waals surface area contributed by atoms with Crippen molar-refractivity contribution in [3.63, 3.8) is 0 Å². The third-order valence-corrected chi connectivity index (χ3v) is 7.76. The minimum atomic E-state index is -0.898. The number of benzene rings is 2. The standard InChI is InChI=1S/C26H33NO4/c1-18-23-12-7-13-26(18,20-10-6-11-21(28)16-20)14-15-27(23)17-22(25(30)31-2)24(29)19-8-4-3-5-9-19/h3-6,8-11,16,18,22-24,28-29H,7,12-15,17H2,1-2H3/t18-,22-,23?,24-,26?/m0/s1. The number of nitrogens with zero attached hydrogens (tertiary/aromatic N) is 1. The second-order valence-electron chi connectivity index (χ2n) is 9.18. The lowest BCUT2D eigenvalue weighted by molar-refractivity contribution is -0.152. The molecular formula is C26H33NO4. The van der Waals surface area contributed by atoms with Crippen LogP contribution >= 0.6 is 0 Å². The Morgan fingerprint density at radius 3 is 2.68 bits per heavy atom. The molecule has 5 nitrogen and oxygen atoms in total. The fraction of sp³-hybridized carbons (Fsp3) is 0.500. The number of phenols is 1. The maximum atomic E-state index is 12.6. The van der Waals surface area contributed by atoms with E-state index in [0.29, 0.717) is 24.3 Å². The van der Waals surface area contributed by atoms with E-state index in [0.717, 1.165) is 37.8 Å². The number of hydrogen-bond donors (Lipinski definition) is 2. The van der Waals surface area contributed by atoms with Gasteiger partial charge in [0.2, 0.25) is 0 Å². The van der Waals surface area contributed by atoms with Crippen molar-refractivity contribution in [2.24, 2.45) is 11.8 Å². The first-order valence-electron chi connectivity index (χ1n) is 11.3. The predicted molar refractivity (Wildman–Crippen MR) is 120 cm³/mol. The van der Waals surface area contributed by atoms with Crippen LogP contribution in [0.15, 0.2) is 54.6 Å². The molecule has 1 saturated carbocycles. The molecule has 1 aliphatic carbocycles. The molecule has 31 heavy (non-hydrogen) atoms. The Labute approximate surface area is 184 Å². The second kappa shape index (κ2) is 9.01. The minimum absolute atomic E-state index is 0.0525. The molecule has 0 radical (unpaired) electrons. The molecule has 5 atom stereocenters. The predicted octanol–water partition coefficient (Wildman–Crippen LogP) is 4.05. The van der Waals surface area contributed by atoms with Crippen LogP contribution in [0.1, 0.15) is 49.8 Å². The number of aliphatic hydroxyl groups is 1. The molecule has 4 rings (SSSR count). The van der Waals surface area contributed by atoms with Crippen LogP contribution < -0.4 is 0 Å². The maximum absolute atomic E-state index is 12.6. The summed E-state index contributed by atoms with van der Waals surface area (Å²) in [4.78, 5) is 15.0. The van der Waals surface area contributed by atoms with E-state index in [9.17, 15) is 15.0 Å². The first-order valence-corrected chi connectivity index (χ1v) is 11.3. The number of piperidine rings is 1. The smallest absolute Gasteiger partial charge is 0.312 e. The second-order valence-corrected chi connectivity index (χ2v) is 9.18. The molecule has 166 valence electrons. The number of rotatable bonds is 6. The normalized spacial score (nSPS) is 28.0. The van der Waals surface area contributed by atoms with Crippen molar-refractivity contribution in [2.45, 2.75) is 50.2 Å². The van der Waals surface area contributed by atoms with Crippen molar-refractivity contribution in [3.05, 3.63) is 65.7 Å². The largest absolute Gasteiger partial charge is 0.508 e. The molecule has 5 heteroatoms. The molecule has 1 heterocycles. The van der Waals surface area contributed by atoms with Crippen molar-refractivity contribution in [3.8, 4) is 5.75 Å². The average Bonchev–Trinajstić information content (AvgIpc) is 2.78. The topological polar surface area (TPSA) is 70.0 Å². The zero-order valence-corrected chi connectivity index (χ0v) is 18.4. The van der Waals surface area contributed by atoms with Gasteiger partial charge in [0, 0.05) is 18.0 Å². The van der Waals surface area contributed by atoms with Gasteiger partial charge in [-0.1, -0.05) is 55.8 Å². The first kappa shape index (κ1) is 21.8. The fourth-order valence-electron chi connectivity index (χ4n) is 6.02. The molecule has 2 N–H and O–H groups in total. The molecule has 2 fully saturated rings. The van der Waals surface area contributed by atoms with E-state index in [1.165, 1.54) is 12.7 Å². The zero-order chi connectivity index (χ0) is 22.0. The van der Waals surface area contributed by atoms with Crippen LogP contribution in [0.5, 0.6) is 5.75 Å². The third-order valence-electron chi connectivity index (χ3n) is 7.76. The maximum Gasteiger partial charge on any atom is 0.312 e. The highest BCUT2D eigenvalue weighted by Crippen LogP contribution is 2.51. The van der Waals surface area contributed by atoms with Crippen LogP contribution in [-0.2, 0) is 14.9 Å². The summed E-state index contributed by atoms with van der Waals surface area (Å²) in [7, 11) is 1.39. The van der Waals surface area contributed by atoms with E-state index >= 15 is 0 Å². The highest BCUT2D eigenvalue weighted by atomic mass is 16.5. The van der Waals surface area contributed by atoms with E-state index in [-0.39, 0.29) is 11.4 Å². The van der Waals surface area contributed by atoms with Gasteiger partial charge in [0.15, 0.2) is 0 Å². The molecule has 0 aromatic heterocycles. The lowest BCUT2D eigenvalue weighted by atomic mass is 9.57. The van der Waals surface area contributed by atoms with Gasteiger partial charge in [0.25, 0.3) is 0 Å². The Morgan fingerprint density at radius 2 is 1.97 bits per heavy atom. The lowest BCUT2D eigenvalue weighted by Gasteiger charge is -2.56. The van der Waals surface area contributed by atoms with Gasteiger partial charge in [-0.25, -0.2) is 0 Å². The number of carbonyl (C=O) groups is 1. The van der Waals surface area contributed by atoms with Crippen LogP contribution in [0.3, 0.4) is 0 Å². The van der Waals surface area contributed by atoms with Crippen LogP contribution in [-0.4, -0.2) is 47.3 Å². The molecule has 2 aromatic carbocycles. The monoisotopic (exact) mass is 423 g/mol. The fourth-order valence-corrected chi connectivity index (χ4v) is 6.02. The van der Waals surface area contributed by atoms with E-state index < -0.39 is 12.0 Å². The van der Waals surface area contributed by atoms with Gasteiger partial charge in [0.05, 0.1) is 19.1 Å².